The summed E-state index contributed by atoms with van der Waals surface area (Å²) < 4.78 is 2.28. The number of aryl methyl sites for hydroxylation is 2. The molecule has 0 saturated carbocycles. The SMILES string of the molecule is CCc1ccc(C(NC)c2cc(Br)c(C)cc2Br)cc1. The normalized spacial score (nSPS) is 12.4. The summed E-state index contributed by atoms with van der Waals surface area (Å²) in [7, 11) is 2.00. The first-order valence-electron chi connectivity index (χ1n) is 6.78. The van der Waals surface area contributed by atoms with Crippen molar-refractivity contribution in [2.75, 3.05) is 7.05 Å². The van der Waals surface area contributed by atoms with Crippen molar-refractivity contribution in [2.24, 2.45) is 0 Å². The van der Waals surface area contributed by atoms with Gasteiger partial charge in [0.1, 0.15) is 0 Å². The van der Waals surface area contributed by atoms with E-state index in [0.29, 0.717) is 0 Å². The van der Waals surface area contributed by atoms with Crippen LogP contribution >= 0.6 is 31.9 Å². The molecule has 3 heteroatoms. The number of hydrogen-bond donors (Lipinski definition) is 1. The Morgan fingerprint density at radius 2 is 1.70 bits per heavy atom. The number of hydrogen-bond acceptors (Lipinski definition) is 1. The smallest absolute Gasteiger partial charge is 0.0585 e. The summed E-state index contributed by atoms with van der Waals surface area (Å²) in [6, 6.07) is 13.4. The molecule has 0 fully saturated rings. The zero-order valence-electron chi connectivity index (χ0n) is 12.0. The molecule has 0 spiro atoms. The van der Waals surface area contributed by atoms with Gasteiger partial charge in [-0.1, -0.05) is 63.0 Å². The molecule has 2 aromatic carbocycles. The average Bonchev–Trinajstić information content (AvgIpc) is 2.46. The van der Waals surface area contributed by atoms with Gasteiger partial charge in [-0.25, -0.2) is 0 Å². The Morgan fingerprint density at radius 3 is 2.25 bits per heavy atom. The van der Waals surface area contributed by atoms with Crippen LogP contribution in [0.25, 0.3) is 0 Å². The van der Waals surface area contributed by atoms with Crippen LogP contribution in [0.2, 0.25) is 0 Å². The fourth-order valence-corrected chi connectivity index (χ4v) is 3.38. The van der Waals surface area contributed by atoms with Crippen LogP contribution in [-0.4, -0.2) is 7.05 Å². The van der Waals surface area contributed by atoms with Crippen LogP contribution in [0, 0.1) is 6.92 Å². The minimum Gasteiger partial charge on any atom is -0.309 e. The van der Waals surface area contributed by atoms with E-state index in [2.05, 4.69) is 87.4 Å². The Hall–Kier alpha value is -0.640. The highest BCUT2D eigenvalue weighted by Crippen LogP contribution is 2.33. The molecular formula is C17H19Br2N. The summed E-state index contributed by atoms with van der Waals surface area (Å²) in [6.45, 7) is 4.28. The first-order valence-corrected chi connectivity index (χ1v) is 8.37. The lowest BCUT2D eigenvalue weighted by molar-refractivity contribution is 0.688. The van der Waals surface area contributed by atoms with Gasteiger partial charge in [0.2, 0.25) is 0 Å². The highest BCUT2D eigenvalue weighted by molar-refractivity contribution is 9.11. The van der Waals surface area contributed by atoms with E-state index in [0.717, 1.165) is 15.4 Å². The van der Waals surface area contributed by atoms with Crippen LogP contribution in [-0.2, 0) is 6.42 Å². The van der Waals surface area contributed by atoms with E-state index in [9.17, 15) is 0 Å². The van der Waals surface area contributed by atoms with E-state index < -0.39 is 0 Å². The minimum atomic E-state index is 0.187. The van der Waals surface area contributed by atoms with Gasteiger partial charge in [-0.2, -0.15) is 0 Å². The van der Waals surface area contributed by atoms with Crippen LogP contribution in [0.5, 0.6) is 0 Å². The number of rotatable bonds is 4. The van der Waals surface area contributed by atoms with Crippen molar-refractivity contribution in [3.05, 3.63) is 67.6 Å². The molecule has 0 radical (unpaired) electrons. The lowest BCUT2D eigenvalue weighted by atomic mass is 9.97. The summed E-state index contributed by atoms with van der Waals surface area (Å²) in [6.07, 6.45) is 1.07. The minimum absolute atomic E-state index is 0.187. The van der Waals surface area contributed by atoms with Crippen LogP contribution < -0.4 is 5.32 Å². The third-order valence-electron chi connectivity index (χ3n) is 3.60. The average molecular weight is 397 g/mol. The van der Waals surface area contributed by atoms with Gasteiger partial charge in [0.25, 0.3) is 0 Å². The second kappa shape index (κ2) is 6.88. The number of nitrogens with one attached hydrogen (secondary N) is 1. The van der Waals surface area contributed by atoms with Gasteiger partial charge in [0.15, 0.2) is 0 Å². The molecule has 0 aliphatic heterocycles. The second-order valence-corrected chi connectivity index (χ2v) is 6.65. The zero-order chi connectivity index (χ0) is 14.7. The van der Waals surface area contributed by atoms with Crippen molar-refractivity contribution < 1.29 is 0 Å². The molecule has 2 rings (SSSR count). The molecule has 1 N–H and O–H groups in total. The topological polar surface area (TPSA) is 12.0 Å². The van der Waals surface area contributed by atoms with Gasteiger partial charge in [-0.05, 0) is 54.8 Å². The third-order valence-corrected chi connectivity index (χ3v) is 5.14. The number of halogens is 2. The second-order valence-electron chi connectivity index (χ2n) is 4.94. The van der Waals surface area contributed by atoms with Gasteiger partial charge in [0.05, 0.1) is 6.04 Å². The van der Waals surface area contributed by atoms with Gasteiger partial charge >= 0.3 is 0 Å². The Kier molecular flexibility index (Phi) is 5.42. The van der Waals surface area contributed by atoms with Crippen molar-refractivity contribution >= 4 is 31.9 Å². The summed E-state index contributed by atoms with van der Waals surface area (Å²) in [5, 5.41) is 3.41. The van der Waals surface area contributed by atoms with Crippen LogP contribution in [0.3, 0.4) is 0 Å². The summed E-state index contributed by atoms with van der Waals surface area (Å²) >= 11 is 7.31. The molecule has 1 unspecified atom stereocenters. The van der Waals surface area contributed by atoms with Crippen molar-refractivity contribution in [3.63, 3.8) is 0 Å². The molecule has 0 aliphatic rings. The summed E-state index contributed by atoms with van der Waals surface area (Å²) in [5.41, 5.74) is 5.12. The molecule has 0 aliphatic carbocycles. The van der Waals surface area contributed by atoms with Crippen molar-refractivity contribution in [1.29, 1.82) is 0 Å². The highest BCUT2D eigenvalue weighted by atomic mass is 79.9. The van der Waals surface area contributed by atoms with Gasteiger partial charge in [-0.3, -0.25) is 0 Å². The molecule has 0 heterocycles. The van der Waals surface area contributed by atoms with Crippen LogP contribution in [0.1, 0.15) is 35.2 Å². The summed E-state index contributed by atoms with van der Waals surface area (Å²) in [5.74, 6) is 0. The first-order chi connectivity index (χ1) is 9.56. The van der Waals surface area contributed by atoms with Crippen molar-refractivity contribution in [3.8, 4) is 0 Å². The molecule has 1 nitrogen and oxygen atoms in total. The van der Waals surface area contributed by atoms with E-state index in [1.165, 1.54) is 22.3 Å². The highest BCUT2D eigenvalue weighted by Gasteiger charge is 2.16. The fraction of sp³-hybridized carbons (Fsp3) is 0.294. The van der Waals surface area contributed by atoms with Crippen molar-refractivity contribution in [2.45, 2.75) is 26.3 Å². The third kappa shape index (κ3) is 3.33. The maximum Gasteiger partial charge on any atom is 0.0585 e. The maximum atomic E-state index is 3.69. The Bertz CT molecular complexity index is 591. The van der Waals surface area contributed by atoms with Gasteiger partial charge in [-0.15, -0.1) is 0 Å². The fourth-order valence-electron chi connectivity index (χ4n) is 2.33. The van der Waals surface area contributed by atoms with E-state index in [4.69, 9.17) is 0 Å². The van der Waals surface area contributed by atoms with Crippen molar-refractivity contribution in [1.82, 2.24) is 5.32 Å². The van der Waals surface area contributed by atoms with E-state index in [1.807, 2.05) is 7.05 Å². The molecule has 0 bridgehead atoms. The largest absolute Gasteiger partial charge is 0.309 e. The molecule has 106 valence electrons. The van der Waals surface area contributed by atoms with E-state index >= 15 is 0 Å². The molecule has 20 heavy (non-hydrogen) atoms. The Labute approximate surface area is 138 Å². The molecule has 1 atom stereocenters. The predicted octanol–water partition coefficient (Wildman–Crippen LogP) is 5.39. The zero-order valence-corrected chi connectivity index (χ0v) is 15.2. The van der Waals surface area contributed by atoms with Crippen LogP contribution in [0.15, 0.2) is 45.3 Å². The number of benzene rings is 2. The standard InChI is InChI=1S/C17H19Br2N/c1-4-12-5-7-13(8-6-12)17(20-3)14-10-15(18)11(2)9-16(14)19/h5-10,17,20H,4H2,1-3H3. The molecule has 2 aromatic rings. The van der Waals surface area contributed by atoms with Crippen LogP contribution in [0.4, 0.5) is 0 Å². The maximum absolute atomic E-state index is 3.69. The van der Waals surface area contributed by atoms with Gasteiger partial charge < -0.3 is 5.32 Å². The quantitative estimate of drug-likeness (QED) is 0.730. The predicted molar refractivity (Wildman–Crippen MR) is 93.3 cm³/mol. The van der Waals surface area contributed by atoms with E-state index in [1.54, 1.807) is 0 Å². The van der Waals surface area contributed by atoms with E-state index in [-0.39, 0.29) is 6.04 Å². The lowest BCUT2D eigenvalue weighted by Gasteiger charge is -2.20. The van der Waals surface area contributed by atoms with Gasteiger partial charge in [0, 0.05) is 8.95 Å². The molecule has 0 saturated heterocycles. The molecular weight excluding hydrogens is 378 g/mol. The molecule has 0 amide bonds. The molecule has 0 aromatic heterocycles. The Morgan fingerprint density at radius 1 is 1.05 bits per heavy atom. The first kappa shape index (κ1) is 15.7. The lowest BCUT2D eigenvalue weighted by Crippen LogP contribution is -2.18. The Balaban J connectivity index is 2.43. The summed E-state index contributed by atoms with van der Waals surface area (Å²) in [4.78, 5) is 0. The monoisotopic (exact) mass is 395 g/mol.